The first-order chi connectivity index (χ1) is 6.74. The molecule has 14 heavy (non-hydrogen) atoms. The van der Waals surface area contributed by atoms with Gasteiger partial charge in [0.05, 0.1) is 17.9 Å². The molecule has 2 rings (SSSR count). The zero-order valence-corrected chi connectivity index (χ0v) is 7.60. The number of hydrazine groups is 1. The normalized spacial score (nSPS) is 17.9. The van der Waals surface area contributed by atoms with E-state index >= 15 is 0 Å². The second-order valence-electron chi connectivity index (χ2n) is 3.21. The van der Waals surface area contributed by atoms with Crippen molar-refractivity contribution in [3.05, 3.63) is 41.1 Å². The second kappa shape index (κ2) is 3.16. The molecule has 0 unspecified atom stereocenters. The number of rotatable bonds is 1. The lowest BCUT2D eigenvalue weighted by Crippen LogP contribution is -2.26. The molecule has 1 aromatic carbocycles. The van der Waals surface area contributed by atoms with E-state index < -0.39 is 0 Å². The standard InChI is InChI=1S/C10H11N3O/c11-9(6-14)10-8-4-2-1-3-7(8)5-13(10)12/h1-4,6H,5,11-12H2/b10-9-. The van der Waals surface area contributed by atoms with Gasteiger partial charge in [0.2, 0.25) is 0 Å². The molecule has 0 saturated carbocycles. The number of hydrogen-bond acceptors (Lipinski definition) is 4. The molecule has 0 bridgehead atoms. The Morgan fingerprint density at radius 3 is 2.86 bits per heavy atom. The summed E-state index contributed by atoms with van der Waals surface area (Å²) in [5, 5.41) is 1.49. The number of carbonyl (C=O) groups is 1. The Kier molecular flexibility index (Phi) is 1.98. The molecule has 1 heterocycles. The molecule has 0 aromatic heterocycles. The largest absolute Gasteiger partial charge is 0.394 e. The Morgan fingerprint density at radius 2 is 2.14 bits per heavy atom. The summed E-state index contributed by atoms with van der Waals surface area (Å²) in [5.41, 5.74) is 8.41. The van der Waals surface area contributed by atoms with Gasteiger partial charge in [-0.15, -0.1) is 0 Å². The van der Waals surface area contributed by atoms with E-state index in [1.54, 1.807) is 0 Å². The maximum absolute atomic E-state index is 10.6. The van der Waals surface area contributed by atoms with Crippen LogP contribution in [0.1, 0.15) is 11.1 Å². The van der Waals surface area contributed by atoms with Crippen LogP contribution in [0.15, 0.2) is 30.0 Å². The van der Waals surface area contributed by atoms with Crippen LogP contribution in [0, 0.1) is 0 Å². The molecule has 1 aromatic rings. The minimum absolute atomic E-state index is 0.178. The lowest BCUT2D eigenvalue weighted by atomic mass is 10.1. The van der Waals surface area contributed by atoms with Crippen molar-refractivity contribution in [2.45, 2.75) is 6.54 Å². The van der Waals surface area contributed by atoms with E-state index in [1.165, 1.54) is 5.01 Å². The third kappa shape index (κ3) is 1.16. The van der Waals surface area contributed by atoms with Crippen LogP contribution in [0.3, 0.4) is 0 Å². The van der Waals surface area contributed by atoms with Crippen LogP contribution >= 0.6 is 0 Å². The van der Waals surface area contributed by atoms with Crippen LogP contribution in [0.4, 0.5) is 0 Å². The molecule has 0 fully saturated rings. The van der Waals surface area contributed by atoms with Crippen molar-refractivity contribution >= 4 is 12.0 Å². The van der Waals surface area contributed by atoms with E-state index in [1.807, 2.05) is 24.3 Å². The molecule has 0 saturated heterocycles. The predicted molar refractivity (Wildman–Crippen MR) is 53.3 cm³/mol. The van der Waals surface area contributed by atoms with Gasteiger partial charge in [-0.25, -0.2) is 5.84 Å². The Hall–Kier alpha value is -1.81. The van der Waals surface area contributed by atoms with Gasteiger partial charge in [-0.2, -0.15) is 0 Å². The number of hydrogen-bond donors (Lipinski definition) is 2. The summed E-state index contributed by atoms with van der Waals surface area (Å²) in [4.78, 5) is 10.6. The zero-order valence-electron chi connectivity index (χ0n) is 7.60. The molecule has 1 aliphatic rings. The molecular formula is C10H11N3O. The Bertz CT molecular complexity index is 412. The maximum Gasteiger partial charge on any atom is 0.167 e. The molecule has 4 N–H and O–H groups in total. The smallest absolute Gasteiger partial charge is 0.167 e. The fourth-order valence-electron chi connectivity index (χ4n) is 1.68. The summed E-state index contributed by atoms with van der Waals surface area (Å²) >= 11 is 0. The molecule has 4 nitrogen and oxygen atoms in total. The second-order valence-corrected chi connectivity index (χ2v) is 3.21. The van der Waals surface area contributed by atoms with Crippen molar-refractivity contribution in [2.24, 2.45) is 11.6 Å². The minimum Gasteiger partial charge on any atom is -0.394 e. The van der Waals surface area contributed by atoms with Crippen molar-refractivity contribution in [1.29, 1.82) is 0 Å². The number of benzene rings is 1. The maximum atomic E-state index is 10.6. The van der Waals surface area contributed by atoms with Gasteiger partial charge in [-0.1, -0.05) is 24.3 Å². The van der Waals surface area contributed by atoms with Gasteiger partial charge in [0.1, 0.15) is 0 Å². The minimum atomic E-state index is 0.178. The van der Waals surface area contributed by atoms with E-state index in [2.05, 4.69) is 0 Å². The van der Waals surface area contributed by atoms with E-state index in [9.17, 15) is 4.79 Å². The number of allylic oxidation sites excluding steroid dienone is 1. The molecule has 0 spiro atoms. The van der Waals surface area contributed by atoms with E-state index in [0.29, 0.717) is 18.5 Å². The third-order valence-corrected chi connectivity index (χ3v) is 2.30. The molecule has 4 heteroatoms. The molecule has 0 atom stereocenters. The number of aldehydes is 1. The average molecular weight is 189 g/mol. The first-order valence-corrected chi connectivity index (χ1v) is 4.29. The van der Waals surface area contributed by atoms with Crippen molar-refractivity contribution in [1.82, 2.24) is 5.01 Å². The van der Waals surface area contributed by atoms with Crippen molar-refractivity contribution in [3.8, 4) is 0 Å². The summed E-state index contributed by atoms with van der Waals surface area (Å²) in [7, 11) is 0. The van der Waals surface area contributed by atoms with E-state index in [4.69, 9.17) is 11.6 Å². The van der Waals surface area contributed by atoms with Gasteiger partial charge in [-0.05, 0) is 5.56 Å². The van der Waals surface area contributed by atoms with Gasteiger partial charge >= 0.3 is 0 Å². The highest BCUT2D eigenvalue weighted by molar-refractivity contribution is 5.88. The first-order valence-electron chi connectivity index (χ1n) is 4.29. The highest BCUT2D eigenvalue weighted by Gasteiger charge is 2.23. The van der Waals surface area contributed by atoms with Gasteiger partial charge < -0.3 is 10.7 Å². The Labute approximate surface area is 81.8 Å². The first kappa shape index (κ1) is 8.77. The van der Waals surface area contributed by atoms with Crippen LogP contribution < -0.4 is 11.6 Å². The SMILES string of the molecule is N/C(C=O)=C1/c2ccccc2CN1N. The van der Waals surface area contributed by atoms with Crippen molar-refractivity contribution in [3.63, 3.8) is 0 Å². The molecule has 72 valence electrons. The number of fused-ring (bicyclic) bond motifs is 1. The average Bonchev–Trinajstić information content (AvgIpc) is 2.53. The fraction of sp³-hybridized carbons (Fsp3) is 0.100. The highest BCUT2D eigenvalue weighted by atomic mass is 16.1. The number of nitrogens with two attached hydrogens (primary N) is 2. The predicted octanol–water partition coefficient (Wildman–Crippen LogP) is 0.202. The topological polar surface area (TPSA) is 72.4 Å². The Balaban J connectivity index is 2.60. The number of carbonyl (C=O) groups excluding carboxylic acids is 1. The fourth-order valence-corrected chi connectivity index (χ4v) is 1.68. The Morgan fingerprint density at radius 1 is 1.43 bits per heavy atom. The van der Waals surface area contributed by atoms with Gasteiger partial charge in [0.15, 0.2) is 6.29 Å². The van der Waals surface area contributed by atoms with Crippen LogP contribution in [0.2, 0.25) is 0 Å². The van der Waals surface area contributed by atoms with Crippen molar-refractivity contribution in [2.75, 3.05) is 0 Å². The summed E-state index contributed by atoms with van der Waals surface area (Å²) in [6, 6.07) is 7.72. The lowest BCUT2D eigenvalue weighted by molar-refractivity contribution is -0.104. The van der Waals surface area contributed by atoms with Crippen LogP contribution in [0.5, 0.6) is 0 Å². The molecule has 0 aliphatic carbocycles. The summed E-state index contributed by atoms with van der Waals surface area (Å²) in [6.45, 7) is 0.597. The third-order valence-electron chi connectivity index (χ3n) is 2.30. The van der Waals surface area contributed by atoms with Gasteiger partial charge in [-0.3, -0.25) is 4.79 Å². The lowest BCUT2D eigenvalue weighted by Gasteiger charge is -2.13. The summed E-state index contributed by atoms with van der Waals surface area (Å²) in [6.07, 6.45) is 0.622. The van der Waals surface area contributed by atoms with Gasteiger partial charge in [0, 0.05) is 5.56 Å². The molecule has 1 aliphatic heterocycles. The van der Waals surface area contributed by atoms with E-state index in [0.717, 1.165) is 11.1 Å². The number of nitrogens with zero attached hydrogens (tertiary/aromatic N) is 1. The molecular weight excluding hydrogens is 178 g/mol. The van der Waals surface area contributed by atoms with Crippen LogP contribution in [-0.4, -0.2) is 11.3 Å². The molecule has 0 amide bonds. The zero-order chi connectivity index (χ0) is 10.1. The van der Waals surface area contributed by atoms with E-state index in [-0.39, 0.29) is 5.70 Å². The van der Waals surface area contributed by atoms with Gasteiger partial charge in [0.25, 0.3) is 0 Å². The summed E-state index contributed by atoms with van der Waals surface area (Å²) < 4.78 is 0. The highest BCUT2D eigenvalue weighted by Crippen LogP contribution is 2.30. The summed E-state index contributed by atoms with van der Waals surface area (Å²) in [5.74, 6) is 5.74. The monoisotopic (exact) mass is 189 g/mol. The quantitative estimate of drug-likeness (QED) is 0.376. The van der Waals surface area contributed by atoms with Crippen LogP contribution in [0.25, 0.3) is 5.70 Å². The van der Waals surface area contributed by atoms with Crippen LogP contribution in [-0.2, 0) is 11.3 Å². The van der Waals surface area contributed by atoms with Crippen molar-refractivity contribution < 1.29 is 4.79 Å². The molecule has 0 radical (unpaired) electrons.